The van der Waals surface area contributed by atoms with E-state index in [0.717, 1.165) is 44.4 Å². The van der Waals surface area contributed by atoms with E-state index in [1.165, 1.54) is 13.2 Å². The van der Waals surface area contributed by atoms with Crippen LogP contribution in [-0.2, 0) is 11.2 Å². The van der Waals surface area contributed by atoms with E-state index < -0.39 is 16.4 Å². The molecule has 8 nitrogen and oxygen atoms in total. The number of anilines is 2. The number of piperazine rings is 1. The number of hydrogen-bond donors (Lipinski definition) is 1. The first-order valence-corrected chi connectivity index (χ1v) is 9.79. The number of halogens is 1. The van der Waals surface area contributed by atoms with Crippen LogP contribution in [-0.4, -0.2) is 60.5 Å². The maximum atomic E-state index is 14.1. The van der Waals surface area contributed by atoms with Gasteiger partial charge in [0.2, 0.25) is 11.7 Å². The topological polar surface area (TPSA) is 88.0 Å². The van der Waals surface area contributed by atoms with Crippen molar-refractivity contribution in [1.29, 1.82) is 0 Å². The van der Waals surface area contributed by atoms with Gasteiger partial charge in [-0.25, -0.2) is 0 Å². The molecule has 0 aliphatic carbocycles. The highest BCUT2D eigenvalue weighted by atomic mass is 19.1. The van der Waals surface area contributed by atoms with E-state index in [2.05, 4.69) is 17.1 Å². The smallest absolute Gasteiger partial charge is 0.328 e. The van der Waals surface area contributed by atoms with Crippen LogP contribution in [0.3, 0.4) is 0 Å². The molecule has 0 aromatic heterocycles. The zero-order chi connectivity index (χ0) is 21.7. The zero-order valence-electron chi connectivity index (χ0n) is 17.1. The summed E-state index contributed by atoms with van der Waals surface area (Å²) in [5, 5.41) is 14.1. The molecule has 2 aromatic rings. The van der Waals surface area contributed by atoms with E-state index in [-0.39, 0.29) is 17.3 Å². The van der Waals surface area contributed by atoms with Crippen LogP contribution in [0.25, 0.3) is 0 Å². The third-order valence-electron chi connectivity index (χ3n) is 5.22. The molecule has 1 heterocycles. The number of benzene rings is 2. The normalized spacial score (nSPS) is 14.4. The first kappa shape index (κ1) is 21.5. The van der Waals surface area contributed by atoms with Gasteiger partial charge in [0.25, 0.3) is 0 Å². The predicted octanol–water partition coefficient (Wildman–Crippen LogP) is 3.19. The van der Waals surface area contributed by atoms with Gasteiger partial charge in [-0.1, -0.05) is 19.1 Å². The summed E-state index contributed by atoms with van der Waals surface area (Å²) >= 11 is 0. The number of methoxy groups -OCH3 is 1. The van der Waals surface area contributed by atoms with Crippen molar-refractivity contribution in [2.75, 3.05) is 45.2 Å². The number of hydrogen-bond acceptors (Lipinski definition) is 6. The van der Waals surface area contributed by atoms with Crippen molar-refractivity contribution in [3.05, 3.63) is 57.9 Å². The van der Waals surface area contributed by atoms with E-state index in [0.29, 0.717) is 12.1 Å². The minimum absolute atomic E-state index is 0.00512. The molecule has 0 bridgehead atoms. The first-order chi connectivity index (χ1) is 14.4. The van der Waals surface area contributed by atoms with Crippen molar-refractivity contribution in [1.82, 2.24) is 9.80 Å². The summed E-state index contributed by atoms with van der Waals surface area (Å²) in [4.78, 5) is 27.2. The summed E-state index contributed by atoms with van der Waals surface area (Å²) in [6.45, 7) is 6.35. The highest BCUT2D eigenvalue weighted by Gasteiger charge is 2.23. The van der Waals surface area contributed by atoms with Crippen molar-refractivity contribution in [2.24, 2.45) is 0 Å². The number of likely N-dealkylation sites (N-methyl/N-ethyl adjacent to an activating group) is 1. The Labute approximate surface area is 174 Å². The summed E-state index contributed by atoms with van der Waals surface area (Å²) in [6, 6.07) is 9.32. The third-order valence-corrected chi connectivity index (χ3v) is 5.22. The lowest BCUT2D eigenvalue weighted by Gasteiger charge is -2.34. The van der Waals surface area contributed by atoms with E-state index >= 15 is 0 Å². The van der Waals surface area contributed by atoms with E-state index in [1.807, 2.05) is 4.90 Å². The molecule has 3 rings (SSSR count). The molecule has 1 aliphatic heterocycles. The predicted molar refractivity (Wildman–Crippen MR) is 112 cm³/mol. The lowest BCUT2D eigenvalue weighted by Crippen LogP contribution is -2.48. The zero-order valence-corrected chi connectivity index (χ0v) is 17.1. The number of carbonyl (C=O) groups is 1. The molecule has 30 heavy (non-hydrogen) atoms. The number of rotatable bonds is 7. The summed E-state index contributed by atoms with van der Waals surface area (Å²) in [7, 11) is 1.36. The van der Waals surface area contributed by atoms with Gasteiger partial charge in [0.1, 0.15) is 11.4 Å². The van der Waals surface area contributed by atoms with Gasteiger partial charge in [0, 0.05) is 44.0 Å². The van der Waals surface area contributed by atoms with E-state index in [4.69, 9.17) is 4.74 Å². The van der Waals surface area contributed by atoms with Crippen LogP contribution in [0.4, 0.5) is 21.5 Å². The minimum Gasteiger partial charge on any atom is -0.497 e. The van der Waals surface area contributed by atoms with Crippen molar-refractivity contribution in [3.63, 3.8) is 0 Å². The Morgan fingerprint density at radius 2 is 1.87 bits per heavy atom. The number of ether oxygens (including phenoxy) is 1. The molecular formula is C21H25FN4O4. The van der Waals surface area contributed by atoms with Crippen LogP contribution in [0.5, 0.6) is 5.75 Å². The summed E-state index contributed by atoms with van der Waals surface area (Å²) < 4.78 is 19.1. The van der Waals surface area contributed by atoms with Crippen molar-refractivity contribution in [3.8, 4) is 5.75 Å². The maximum absolute atomic E-state index is 14.1. The Kier molecular flexibility index (Phi) is 6.83. The summed E-state index contributed by atoms with van der Waals surface area (Å²) in [6.07, 6.45) is 0.292. The lowest BCUT2D eigenvalue weighted by atomic mass is 10.1. The fourth-order valence-corrected chi connectivity index (χ4v) is 3.43. The molecule has 0 saturated carbocycles. The van der Waals surface area contributed by atoms with Crippen LogP contribution in [0.15, 0.2) is 36.4 Å². The van der Waals surface area contributed by atoms with Gasteiger partial charge in [0.15, 0.2) is 0 Å². The highest BCUT2D eigenvalue weighted by molar-refractivity contribution is 5.79. The molecule has 0 unspecified atom stereocenters. The second kappa shape index (κ2) is 9.53. The fraction of sp³-hybridized carbons (Fsp3) is 0.381. The second-order valence-corrected chi connectivity index (χ2v) is 7.08. The summed E-state index contributed by atoms with van der Waals surface area (Å²) in [5.41, 5.74) is 0.726. The molecule has 1 fully saturated rings. The molecule has 9 heteroatoms. The van der Waals surface area contributed by atoms with Gasteiger partial charge in [-0.05, 0) is 24.2 Å². The quantitative estimate of drug-likeness (QED) is 0.551. The average Bonchev–Trinajstić information content (AvgIpc) is 2.74. The van der Waals surface area contributed by atoms with Gasteiger partial charge >= 0.3 is 5.69 Å². The molecule has 1 saturated heterocycles. The minimum atomic E-state index is -0.979. The fourth-order valence-electron chi connectivity index (χ4n) is 3.43. The molecule has 0 atom stereocenters. The van der Waals surface area contributed by atoms with Gasteiger partial charge in [0.05, 0.1) is 18.5 Å². The average molecular weight is 416 g/mol. The molecule has 160 valence electrons. The number of carbonyl (C=O) groups excluding carboxylic acids is 1. The number of amides is 1. The Hall–Kier alpha value is -3.20. The van der Waals surface area contributed by atoms with Crippen LogP contribution in [0, 0.1) is 15.9 Å². The van der Waals surface area contributed by atoms with Gasteiger partial charge in [-0.3, -0.25) is 14.9 Å². The molecule has 1 amide bonds. The molecule has 1 N–H and O–H groups in total. The third kappa shape index (κ3) is 5.04. The lowest BCUT2D eigenvalue weighted by molar-refractivity contribution is -0.386. The van der Waals surface area contributed by atoms with Gasteiger partial charge < -0.3 is 19.9 Å². The Bertz CT molecular complexity index is 912. The number of nitrogens with one attached hydrogen (secondary N) is 1. The standard InChI is InChI=1S/C21H25FN4O4/c1-3-24-8-10-25(11-9-24)20(27)12-15-4-6-16(7-5-15)23-19-14-17(30-2)13-18(22)21(19)26(28)29/h4-7,13-14,23H,3,8-12H2,1-2H3. The highest BCUT2D eigenvalue weighted by Crippen LogP contribution is 2.34. The van der Waals surface area contributed by atoms with E-state index in [9.17, 15) is 19.3 Å². The molecule has 0 radical (unpaired) electrons. The van der Waals surface area contributed by atoms with Crippen LogP contribution < -0.4 is 10.1 Å². The Morgan fingerprint density at radius 3 is 2.43 bits per heavy atom. The number of nitro groups is 1. The molecule has 0 spiro atoms. The number of nitrogens with zero attached hydrogens (tertiary/aromatic N) is 3. The second-order valence-electron chi connectivity index (χ2n) is 7.08. The van der Waals surface area contributed by atoms with Gasteiger partial charge in [-0.15, -0.1) is 0 Å². The SMILES string of the molecule is CCN1CCN(C(=O)Cc2ccc(Nc3cc(OC)cc(F)c3[N+](=O)[O-])cc2)CC1. The first-order valence-electron chi connectivity index (χ1n) is 9.79. The van der Waals surface area contributed by atoms with Crippen molar-refractivity contribution < 1.29 is 18.8 Å². The summed E-state index contributed by atoms with van der Waals surface area (Å²) in [5.74, 6) is -0.727. The Morgan fingerprint density at radius 1 is 1.20 bits per heavy atom. The maximum Gasteiger partial charge on any atom is 0.328 e. The Balaban J connectivity index is 1.67. The number of nitro benzene ring substituents is 1. The molecule has 1 aliphatic rings. The van der Waals surface area contributed by atoms with Crippen LogP contribution in [0.2, 0.25) is 0 Å². The van der Waals surface area contributed by atoms with Crippen LogP contribution >= 0.6 is 0 Å². The van der Waals surface area contributed by atoms with Crippen molar-refractivity contribution >= 4 is 23.0 Å². The van der Waals surface area contributed by atoms with Crippen molar-refractivity contribution in [2.45, 2.75) is 13.3 Å². The van der Waals surface area contributed by atoms with Gasteiger partial charge in [-0.2, -0.15) is 4.39 Å². The van der Waals surface area contributed by atoms with Crippen LogP contribution in [0.1, 0.15) is 12.5 Å². The molecule has 2 aromatic carbocycles. The molecular weight excluding hydrogens is 391 g/mol. The van der Waals surface area contributed by atoms with E-state index in [1.54, 1.807) is 24.3 Å². The monoisotopic (exact) mass is 416 g/mol. The largest absolute Gasteiger partial charge is 0.497 e.